The third-order valence-electron chi connectivity index (χ3n) is 4.94. The molecule has 0 saturated heterocycles. The lowest BCUT2D eigenvalue weighted by Gasteiger charge is -2.32. The zero-order valence-corrected chi connectivity index (χ0v) is 15.7. The second kappa shape index (κ2) is 7.23. The van der Waals surface area contributed by atoms with Crippen molar-refractivity contribution < 1.29 is 14.6 Å². The van der Waals surface area contributed by atoms with E-state index in [2.05, 4.69) is 16.4 Å². The Bertz CT molecular complexity index is 892. The molecule has 26 heavy (non-hydrogen) atoms. The number of methoxy groups -OCH3 is 2. The van der Waals surface area contributed by atoms with Crippen LogP contribution in [0.15, 0.2) is 36.4 Å². The smallest absolute Gasteiger partial charge is 0.122 e. The minimum Gasteiger partial charge on any atom is -0.496 e. The highest BCUT2D eigenvalue weighted by molar-refractivity contribution is 7.18. The summed E-state index contributed by atoms with van der Waals surface area (Å²) in [5.41, 5.74) is 3.17. The molecule has 0 radical (unpaired) electrons. The number of benzene rings is 2. The molecular formula is C20H22N2O3S. The van der Waals surface area contributed by atoms with Gasteiger partial charge in [0.1, 0.15) is 16.5 Å². The van der Waals surface area contributed by atoms with E-state index in [1.54, 1.807) is 25.6 Å². The Morgan fingerprint density at radius 1 is 1.08 bits per heavy atom. The first kappa shape index (κ1) is 17.3. The van der Waals surface area contributed by atoms with E-state index in [0.717, 1.165) is 33.2 Å². The van der Waals surface area contributed by atoms with Crippen molar-refractivity contribution >= 4 is 21.6 Å². The molecule has 136 valence electrons. The van der Waals surface area contributed by atoms with Crippen molar-refractivity contribution in [2.24, 2.45) is 0 Å². The summed E-state index contributed by atoms with van der Waals surface area (Å²) in [5, 5.41) is 15.2. The average Bonchev–Trinajstić information content (AvgIpc) is 3.08. The van der Waals surface area contributed by atoms with Crippen LogP contribution in [0, 0.1) is 0 Å². The van der Waals surface area contributed by atoms with E-state index in [1.165, 1.54) is 4.70 Å². The molecule has 5 nitrogen and oxygen atoms in total. The van der Waals surface area contributed by atoms with E-state index in [4.69, 9.17) is 9.47 Å². The van der Waals surface area contributed by atoms with Crippen molar-refractivity contribution in [3.63, 3.8) is 0 Å². The van der Waals surface area contributed by atoms with Crippen LogP contribution in [0.25, 0.3) is 10.2 Å². The Morgan fingerprint density at radius 2 is 1.77 bits per heavy atom. The van der Waals surface area contributed by atoms with Crippen molar-refractivity contribution in [2.45, 2.75) is 31.5 Å². The number of aliphatic hydroxyl groups is 1. The number of ether oxygens (including phenoxy) is 2. The number of para-hydroxylation sites is 1. The van der Waals surface area contributed by atoms with E-state index in [9.17, 15) is 5.11 Å². The summed E-state index contributed by atoms with van der Waals surface area (Å²) in [6.45, 7) is 0.642. The molecule has 0 fully saturated rings. The van der Waals surface area contributed by atoms with Crippen LogP contribution in [0.1, 0.15) is 16.1 Å². The first-order valence-corrected chi connectivity index (χ1v) is 9.50. The molecule has 3 aromatic rings. The fourth-order valence-corrected chi connectivity index (χ4v) is 4.53. The summed E-state index contributed by atoms with van der Waals surface area (Å²) in [4.78, 5) is 4.66. The van der Waals surface area contributed by atoms with Gasteiger partial charge in [0.15, 0.2) is 0 Å². The average molecular weight is 370 g/mol. The lowest BCUT2D eigenvalue weighted by Crippen LogP contribution is -2.45. The zero-order chi connectivity index (χ0) is 18.1. The van der Waals surface area contributed by atoms with Crippen LogP contribution in [-0.4, -0.2) is 36.5 Å². The fraction of sp³-hybridized carbons (Fsp3) is 0.350. The first-order valence-electron chi connectivity index (χ1n) is 8.68. The number of rotatable bonds is 5. The van der Waals surface area contributed by atoms with Crippen LogP contribution in [-0.2, 0) is 19.4 Å². The van der Waals surface area contributed by atoms with Gasteiger partial charge < -0.3 is 19.9 Å². The SMILES string of the molecule is COc1ccc(OC)c2c1C[C@@H](O)[C@H](NCc1nc3ccccc3s1)C2. The Labute approximate surface area is 156 Å². The summed E-state index contributed by atoms with van der Waals surface area (Å²) >= 11 is 1.69. The van der Waals surface area contributed by atoms with Gasteiger partial charge in [0.05, 0.1) is 30.5 Å². The second-order valence-electron chi connectivity index (χ2n) is 6.47. The van der Waals surface area contributed by atoms with Gasteiger partial charge in [0.25, 0.3) is 0 Å². The second-order valence-corrected chi connectivity index (χ2v) is 7.58. The molecule has 1 aliphatic rings. The molecular weight excluding hydrogens is 348 g/mol. The largest absolute Gasteiger partial charge is 0.496 e. The molecule has 0 saturated carbocycles. The van der Waals surface area contributed by atoms with E-state index in [1.807, 2.05) is 30.3 Å². The molecule has 0 spiro atoms. The van der Waals surface area contributed by atoms with Crippen molar-refractivity contribution in [3.05, 3.63) is 52.5 Å². The van der Waals surface area contributed by atoms with Gasteiger partial charge in [0, 0.05) is 30.1 Å². The Hall–Kier alpha value is -2.15. The number of nitrogens with zero attached hydrogens (tertiary/aromatic N) is 1. The molecule has 1 heterocycles. The lowest BCUT2D eigenvalue weighted by molar-refractivity contribution is 0.117. The molecule has 2 atom stereocenters. The van der Waals surface area contributed by atoms with E-state index < -0.39 is 6.10 Å². The van der Waals surface area contributed by atoms with Gasteiger partial charge in [-0.3, -0.25) is 0 Å². The highest BCUT2D eigenvalue weighted by atomic mass is 32.1. The summed E-state index contributed by atoms with van der Waals surface area (Å²) in [6, 6.07) is 11.9. The molecule has 1 aliphatic carbocycles. The van der Waals surface area contributed by atoms with Gasteiger partial charge in [-0.15, -0.1) is 11.3 Å². The van der Waals surface area contributed by atoms with Gasteiger partial charge in [-0.05, 0) is 30.7 Å². The highest BCUT2D eigenvalue weighted by Gasteiger charge is 2.31. The number of aromatic nitrogens is 1. The van der Waals surface area contributed by atoms with Crippen molar-refractivity contribution in [1.29, 1.82) is 0 Å². The monoisotopic (exact) mass is 370 g/mol. The van der Waals surface area contributed by atoms with Gasteiger partial charge >= 0.3 is 0 Å². The van der Waals surface area contributed by atoms with Gasteiger partial charge in [-0.2, -0.15) is 0 Å². The summed E-state index contributed by atoms with van der Waals surface area (Å²) in [5.74, 6) is 1.66. The van der Waals surface area contributed by atoms with E-state index in [-0.39, 0.29) is 6.04 Å². The number of nitrogens with one attached hydrogen (secondary N) is 1. The predicted octanol–water partition coefficient (Wildman–Crippen LogP) is 2.93. The van der Waals surface area contributed by atoms with E-state index >= 15 is 0 Å². The fourth-order valence-electron chi connectivity index (χ4n) is 3.61. The minimum atomic E-state index is -0.474. The minimum absolute atomic E-state index is 0.0458. The third-order valence-corrected chi connectivity index (χ3v) is 5.98. The molecule has 2 N–H and O–H groups in total. The number of aliphatic hydroxyl groups excluding tert-OH is 1. The molecule has 0 unspecified atom stereocenters. The number of hydrogen-bond acceptors (Lipinski definition) is 6. The van der Waals surface area contributed by atoms with Gasteiger partial charge in [-0.25, -0.2) is 4.98 Å². The van der Waals surface area contributed by atoms with E-state index in [0.29, 0.717) is 19.4 Å². The van der Waals surface area contributed by atoms with Crippen molar-refractivity contribution in [1.82, 2.24) is 10.3 Å². The molecule has 2 aromatic carbocycles. The molecule has 4 rings (SSSR count). The maximum absolute atomic E-state index is 10.6. The van der Waals surface area contributed by atoms with Crippen LogP contribution in [0.4, 0.5) is 0 Å². The Balaban J connectivity index is 1.53. The quantitative estimate of drug-likeness (QED) is 0.723. The molecule has 0 bridgehead atoms. The maximum atomic E-state index is 10.6. The van der Waals surface area contributed by atoms with Crippen LogP contribution in [0.5, 0.6) is 11.5 Å². The van der Waals surface area contributed by atoms with Crippen LogP contribution in [0.3, 0.4) is 0 Å². The standard InChI is InChI=1S/C20H22N2O3S/c1-24-17-7-8-18(25-2)13-10-16(23)15(9-12(13)17)21-11-20-22-14-5-3-4-6-19(14)26-20/h3-8,15-16,21,23H,9-11H2,1-2H3/t15-,16-/m1/s1. The molecule has 6 heteroatoms. The van der Waals surface area contributed by atoms with Crippen LogP contribution < -0.4 is 14.8 Å². The Morgan fingerprint density at radius 3 is 2.46 bits per heavy atom. The summed E-state index contributed by atoms with van der Waals surface area (Å²) in [7, 11) is 3.34. The number of hydrogen-bond donors (Lipinski definition) is 2. The van der Waals surface area contributed by atoms with Crippen LogP contribution >= 0.6 is 11.3 Å². The molecule has 0 aliphatic heterocycles. The maximum Gasteiger partial charge on any atom is 0.122 e. The van der Waals surface area contributed by atoms with Crippen molar-refractivity contribution in [2.75, 3.05) is 14.2 Å². The lowest BCUT2D eigenvalue weighted by atomic mass is 9.85. The summed E-state index contributed by atoms with van der Waals surface area (Å²) in [6.07, 6.45) is 0.771. The van der Waals surface area contributed by atoms with Crippen LogP contribution in [0.2, 0.25) is 0 Å². The molecule has 1 aromatic heterocycles. The first-order chi connectivity index (χ1) is 12.7. The zero-order valence-electron chi connectivity index (χ0n) is 14.9. The number of thiazole rings is 1. The van der Waals surface area contributed by atoms with Gasteiger partial charge in [0.2, 0.25) is 0 Å². The topological polar surface area (TPSA) is 63.6 Å². The Kier molecular flexibility index (Phi) is 4.80. The molecule has 0 amide bonds. The summed E-state index contributed by atoms with van der Waals surface area (Å²) < 4.78 is 12.2. The third kappa shape index (κ3) is 3.16. The van der Waals surface area contributed by atoms with Crippen molar-refractivity contribution in [3.8, 4) is 11.5 Å². The number of fused-ring (bicyclic) bond motifs is 2. The highest BCUT2D eigenvalue weighted by Crippen LogP contribution is 2.36. The predicted molar refractivity (Wildman–Crippen MR) is 103 cm³/mol. The van der Waals surface area contributed by atoms with Gasteiger partial charge in [-0.1, -0.05) is 12.1 Å². The normalized spacial score (nSPS) is 19.3.